The minimum atomic E-state index is 0.0734. The highest BCUT2D eigenvalue weighted by Crippen LogP contribution is 2.63. The molecule has 2 nitrogen and oxygen atoms in total. The van der Waals surface area contributed by atoms with Crippen LogP contribution in [0.15, 0.2) is 0 Å². The molecule has 2 heteroatoms. The highest BCUT2D eigenvalue weighted by Gasteiger charge is 2.63. The Kier molecular flexibility index (Phi) is 2.44. The second-order valence-corrected chi connectivity index (χ2v) is 6.61. The third-order valence-electron chi connectivity index (χ3n) is 5.01. The van der Waals surface area contributed by atoms with Crippen LogP contribution in [0.5, 0.6) is 0 Å². The average Bonchev–Trinajstić information content (AvgIpc) is 2.66. The standard InChI is InChI=1S/C13H25NO/c1-11(2)7-8-12(3,4)13(11)6-5-10(9-14)15-13/h10H,5-9,14H2,1-4H3. The van der Waals surface area contributed by atoms with Gasteiger partial charge >= 0.3 is 0 Å². The lowest BCUT2D eigenvalue weighted by Crippen LogP contribution is -2.50. The van der Waals surface area contributed by atoms with Gasteiger partial charge in [0, 0.05) is 6.54 Å². The summed E-state index contributed by atoms with van der Waals surface area (Å²) in [7, 11) is 0. The first kappa shape index (κ1) is 11.4. The highest BCUT2D eigenvalue weighted by molar-refractivity contribution is 5.12. The predicted octanol–water partition coefficient (Wildman–Crippen LogP) is 2.71. The topological polar surface area (TPSA) is 35.2 Å². The Morgan fingerprint density at radius 3 is 2.00 bits per heavy atom. The van der Waals surface area contributed by atoms with Crippen molar-refractivity contribution in [2.75, 3.05) is 6.54 Å². The van der Waals surface area contributed by atoms with Gasteiger partial charge in [0.2, 0.25) is 0 Å². The first-order valence-electron chi connectivity index (χ1n) is 6.23. The van der Waals surface area contributed by atoms with E-state index >= 15 is 0 Å². The Bertz CT molecular complexity index is 241. The zero-order valence-corrected chi connectivity index (χ0v) is 10.6. The Morgan fingerprint density at radius 2 is 1.60 bits per heavy atom. The van der Waals surface area contributed by atoms with Crippen LogP contribution < -0.4 is 5.73 Å². The fourth-order valence-corrected chi connectivity index (χ4v) is 3.87. The molecule has 0 amide bonds. The molecule has 88 valence electrons. The van der Waals surface area contributed by atoms with Gasteiger partial charge < -0.3 is 10.5 Å². The molecule has 2 aliphatic rings. The molecule has 1 spiro atoms. The molecule has 1 saturated heterocycles. The highest BCUT2D eigenvalue weighted by atomic mass is 16.5. The van der Waals surface area contributed by atoms with E-state index in [0.717, 1.165) is 6.42 Å². The normalized spacial score (nSPS) is 36.2. The van der Waals surface area contributed by atoms with Crippen molar-refractivity contribution >= 4 is 0 Å². The molecule has 15 heavy (non-hydrogen) atoms. The van der Waals surface area contributed by atoms with Gasteiger partial charge in [-0.05, 0) is 36.5 Å². The minimum Gasteiger partial charge on any atom is -0.369 e. The van der Waals surface area contributed by atoms with Crippen LogP contribution >= 0.6 is 0 Å². The van der Waals surface area contributed by atoms with Gasteiger partial charge in [0.25, 0.3) is 0 Å². The molecule has 0 aromatic carbocycles. The third kappa shape index (κ3) is 1.38. The van der Waals surface area contributed by atoms with E-state index in [-0.39, 0.29) is 5.60 Å². The summed E-state index contributed by atoms with van der Waals surface area (Å²) < 4.78 is 6.36. The van der Waals surface area contributed by atoms with E-state index in [1.54, 1.807) is 0 Å². The lowest BCUT2D eigenvalue weighted by atomic mass is 9.66. The van der Waals surface area contributed by atoms with Crippen LogP contribution in [0.3, 0.4) is 0 Å². The van der Waals surface area contributed by atoms with Crippen molar-refractivity contribution in [3.05, 3.63) is 0 Å². The molecule has 1 unspecified atom stereocenters. The monoisotopic (exact) mass is 211 g/mol. The van der Waals surface area contributed by atoms with E-state index in [0.29, 0.717) is 23.5 Å². The van der Waals surface area contributed by atoms with Crippen molar-refractivity contribution in [2.24, 2.45) is 16.6 Å². The Morgan fingerprint density at radius 1 is 1.07 bits per heavy atom. The van der Waals surface area contributed by atoms with Gasteiger partial charge in [0.1, 0.15) is 0 Å². The zero-order valence-electron chi connectivity index (χ0n) is 10.6. The molecule has 2 fully saturated rings. The molecule has 2 N–H and O–H groups in total. The van der Waals surface area contributed by atoms with E-state index in [4.69, 9.17) is 10.5 Å². The fraction of sp³-hybridized carbons (Fsp3) is 1.00. The van der Waals surface area contributed by atoms with Gasteiger partial charge in [-0.3, -0.25) is 0 Å². The molecule has 1 heterocycles. The van der Waals surface area contributed by atoms with Crippen molar-refractivity contribution in [3.8, 4) is 0 Å². The van der Waals surface area contributed by atoms with Gasteiger partial charge in [-0.2, -0.15) is 0 Å². The largest absolute Gasteiger partial charge is 0.369 e. The molecule has 1 saturated carbocycles. The van der Waals surface area contributed by atoms with Crippen molar-refractivity contribution in [1.29, 1.82) is 0 Å². The van der Waals surface area contributed by atoms with E-state index in [1.165, 1.54) is 19.3 Å². The van der Waals surface area contributed by atoms with Gasteiger partial charge in [0.15, 0.2) is 0 Å². The number of hydrogen-bond acceptors (Lipinski definition) is 2. The van der Waals surface area contributed by atoms with Crippen LogP contribution in [-0.4, -0.2) is 18.2 Å². The minimum absolute atomic E-state index is 0.0734. The SMILES string of the molecule is CC1(C)CCC(C)(C)C12CCC(CN)O2. The second kappa shape index (κ2) is 3.21. The van der Waals surface area contributed by atoms with Crippen molar-refractivity contribution in [1.82, 2.24) is 0 Å². The Labute approximate surface area is 93.6 Å². The summed E-state index contributed by atoms with van der Waals surface area (Å²) in [6.45, 7) is 10.1. The van der Waals surface area contributed by atoms with Crippen molar-refractivity contribution in [2.45, 2.75) is 65.1 Å². The molecule has 0 bridgehead atoms. The maximum atomic E-state index is 6.36. The van der Waals surface area contributed by atoms with E-state index in [9.17, 15) is 0 Å². The molecule has 1 atom stereocenters. The molecule has 2 rings (SSSR count). The average molecular weight is 211 g/mol. The smallest absolute Gasteiger partial charge is 0.0789 e. The number of hydrogen-bond donors (Lipinski definition) is 1. The lowest BCUT2D eigenvalue weighted by Gasteiger charge is -2.46. The Hall–Kier alpha value is -0.0800. The quantitative estimate of drug-likeness (QED) is 0.724. The summed E-state index contributed by atoms with van der Waals surface area (Å²) in [5.74, 6) is 0. The summed E-state index contributed by atoms with van der Waals surface area (Å²) >= 11 is 0. The van der Waals surface area contributed by atoms with Gasteiger partial charge in [-0.15, -0.1) is 0 Å². The van der Waals surface area contributed by atoms with Gasteiger partial charge in [-0.25, -0.2) is 0 Å². The molecule has 0 aromatic heterocycles. The third-order valence-corrected chi connectivity index (χ3v) is 5.01. The number of rotatable bonds is 1. The summed E-state index contributed by atoms with van der Waals surface area (Å²) in [5.41, 5.74) is 6.42. The van der Waals surface area contributed by atoms with Crippen LogP contribution in [0.25, 0.3) is 0 Å². The van der Waals surface area contributed by atoms with Crippen LogP contribution in [0, 0.1) is 10.8 Å². The first-order chi connectivity index (χ1) is 6.85. The predicted molar refractivity (Wildman–Crippen MR) is 62.7 cm³/mol. The molecule has 1 aliphatic heterocycles. The number of nitrogens with two attached hydrogens (primary N) is 1. The maximum absolute atomic E-state index is 6.36. The fourth-order valence-electron chi connectivity index (χ4n) is 3.87. The van der Waals surface area contributed by atoms with E-state index in [1.807, 2.05) is 0 Å². The lowest BCUT2D eigenvalue weighted by molar-refractivity contribution is -0.147. The van der Waals surface area contributed by atoms with Crippen LogP contribution in [-0.2, 0) is 4.74 Å². The van der Waals surface area contributed by atoms with Crippen LogP contribution in [0.2, 0.25) is 0 Å². The van der Waals surface area contributed by atoms with E-state index in [2.05, 4.69) is 27.7 Å². The van der Waals surface area contributed by atoms with Gasteiger partial charge in [-0.1, -0.05) is 27.7 Å². The molecular weight excluding hydrogens is 186 g/mol. The van der Waals surface area contributed by atoms with Crippen LogP contribution in [0.1, 0.15) is 53.4 Å². The summed E-state index contributed by atoms with van der Waals surface area (Å²) in [6.07, 6.45) is 5.17. The van der Waals surface area contributed by atoms with Crippen molar-refractivity contribution < 1.29 is 4.74 Å². The molecule has 0 radical (unpaired) electrons. The molecule has 0 aromatic rings. The first-order valence-corrected chi connectivity index (χ1v) is 6.23. The summed E-state index contributed by atoms with van der Waals surface area (Å²) in [4.78, 5) is 0. The van der Waals surface area contributed by atoms with Gasteiger partial charge in [0.05, 0.1) is 11.7 Å². The second-order valence-electron chi connectivity index (χ2n) is 6.61. The molecule has 1 aliphatic carbocycles. The summed E-state index contributed by atoms with van der Waals surface area (Å²) in [5, 5.41) is 0. The zero-order chi connectivity index (χ0) is 11.3. The summed E-state index contributed by atoms with van der Waals surface area (Å²) in [6, 6.07) is 0. The number of ether oxygens (including phenoxy) is 1. The van der Waals surface area contributed by atoms with E-state index < -0.39 is 0 Å². The maximum Gasteiger partial charge on any atom is 0.0789 e. The van der Waals surface area contributed by atoms with Crippen LogP contribution in [0.4, 0.5) is 0 Å². The Balaban J connectivity index is 2.32. The van der Waals surface area contributed by atoms with Crippen molar-refractivity contribution in [3.63, 3.8) is 0 Å². The molecular formula is C13H25NO.